The lowest BCUT2D eigenvalue weighted by Gasteiger charge is -2.14. The maximum Gasteiger partial charge on any atom is 0.319 e. The van der Waals surface area contributed by atoms with Gasteiger partial charge in [-0.15, -0.1) is 0 Å². The minimum absolute atomic E-state index is 0.244. The SMILES string of the molecule is O=C(NCc1ccccc1-c1ccccc1C=Cc1ccc(O)cc1)Nc1ccccc1. The molecular formula is C28H24N2O2. The number of carbonyl (C=O) groups is 1. The van der Waals surface area contributed by atoms with Crippen LogP contribution in [0.5, 0.6) is 5.75 Å². The largest absolute Gasteiger partial charge is 0.508 e. The molecule has 0 spiro atoms. The summed E-state index contributed by atoms with van der Waals surface area (Å²) in [7, 11) is 0. The third-order valence-corrected chi connectivity index (χ3v) is 5.09. The Kier molecular flexibility index (Phi) is 6.63. The van der Waals surface area contributed by atoms with Crippen molar-refractivity contribution in [1.29, 1.82) is 0 Å². The molecule has 4 aromatic rings. The van der Waals surface area contributed by atoms with Crippen LogP contribution in [0.1, 0.15) is 16.7 Å². The van der Waals surface area contributed by atoms with Gasteiger partial charge in [-0.05, 0) is 52.1 Å². The number of urea groups is 1. The number of anilines is 1. The average molecular weight is 421 g/mol. The summed E-state index contributed by atoms with van der Waals surface area (Å²) in [6, 6.07) is 32.5. The zero-order valence-electron chi connectivity index (χ0n) is 17.5. The third kappa shape index (κ3) is 5.43. The summed E-state index contributed by atoms with van der Waals surface area (Å²) in [5, 5.41) is 15.3. The van der Waals surface area contributed by atoms with E-state index in [0.717, 1.165) is 33.5 Å². The Morgan fingerprint density at radius 2 is 1.38 bits per heavy atom. The fourth-order valence-corrected chi connectivity index (χ4v) is 3.47. The van der Waals surface area contributed by atoms with Crippen LogP contribution in [0.4, 0.5) is 10.5 Å². The Hall–Kier alpha value is -4.31. The van der Waals surface area contributed by atoms with Crippen molar-refractivity contribution in [2.75, 3.05) is 5.32 Å². The van der Waals surface area contributed by atoms with Crippen molar-refractivity contribution < 1.29 is 9.90 Å². The van der Waals surface area contributed by atoms with E-state index in [2.05, 4.69) is 34.9 Å². The molecule has 0 unspecified atom stereocenters. The van der Waals surface area contributed by atoms with E-state index in [9.17, 15) is 9.90 Å². The molecular weight excluding hydrogens is 396 g/mol. The minimum atomic E-state index is -0.244. The van der Waals surface area contributed by atoms with Gasteiger partial charge >= 0.3 is 6.03 Å². The molecule has 0 atom stereocenters. The van der Waals surface area contributed by atoms with E-state index in [0.29, 0.717) is 6.54 Å². The molecule has 0 heterocycles. The second kappa shape index (κ2) is 10.1. The second-order valence-electron chi connectivity index (χ2n) is 7.34. The summed E-state index contributed by atoms with van der Waals surface area (Å²) in [6.07, 6.45) is 4.08. The number of aromatic hydroxyl groups is 1. The first-order valence-corrected chi connectivity index (χ1v) is 10.4. The quantitative estimate of drug-likeness (QED) is 0.310. The van der Waals surface area contributed by atoms with E-state index in [1.165, 1.54) is 0 Å². The van der Waals surface area contributed by atoms with Gasteiger partial charge in [0.1, 0.15) is 5.75 Å². The highest BCUT2D eigenvalue weighted by atomic mass is 16.3. The minimum Gasteiger partial charge on any atom is -0.508 e. The summed E-state index contributed by atoms with van der Waals surface area (Å²) >= 11 is 0. The van der Waals surface area contributed by atoms with Crippen LogP contribution in [0.2, 0.25) is 0 Å². The van der Waals surface area contributed by atoms with Gasteiger partial charge in [-0.25, -0.2) is 4.79 Å². The maximum absolute atomic E-state index is 12.3. The van der Waals surface area contributed by atoms with Gasteiger partial charge in [-0.3, -0.25) is 0 Å². The molecule has 0 radical (unpaired) electrons. The van der Waals surface area contributed by atoms with Crippen molar-refractivity contribution in [3.05, 3.63) is 120 Å². The fraction of sp³-hybridized carbons (Fsp3) is 0.0357. The van der Waals surface area contributed by atoms with Crippen LogP contribution in [-0.4, -0.2) is 11.1 Å². The number of carbonyl (C=O) groups excluding carboxylic acids is 1. The molecule has 4 aromatic carbocycles. The predicted octanol–water partition coefficient (Wildman–Crippen LogP) is 6.55. The van der Waals surface area contributed by atoms with Crippen LogP contribution in [0.3, 0.4) is 0 Å². The molecule has 4 rings (SSSR count). The molecule has 0 aliphatic rings. The summed E-state index contributed by atoms with van der Waals surface area (Å²) in [4.78, 5) is 12.3. The van der Waals surface area contributed by atoms with E-state index in [-0.39, 0.29) is 11.8 Å². The lowest BCUT2D eigenvalue weighted by Crippen LogP contribution is -2.28. The van der Waals surface area contributed by atoms with Crippen LogP contribution in [-0.2, 0) is 6.54 Å². The normalized spacial score (nSPS) is 10.8. The van der Waals surface area contributed by atoms with Crippen LogP contribution in [0.25, 0.3) is 23.3 Å². The van der Waals surface area contributed by atoms with Gasteiger partial charge in [0.15, 0.2) is 0 Å². The molecule has 0 saturated heterocycles. The zero-order valence-corrected chi connectivity index (χ0v) is 17.5. The van der Waals surface area contributed by atoms with Crippen molar-refractivity contribution in [2.45, 2.75) is 6.54 Å². The van der Waals surface area contributed by atoms with E-state index in [1.54, 1.807) is 12.1 Å². The number of nitrogens with one attached hydrogen (secondary N) is 2. The Labute approximate surface area is 187 Å². The van der Waals surface area contributed by atoms with E-state index >= 15 is 0 Å². The summed E-state index contributed by atoms with van der Waals surface area (Å²) in [5.41, 5.74) is 6.01. The Balaban J connectivity index is 1.53. The maximum atomic E-state index is 12.3. The van der Waals surface area contributed by atoms with Gasteiger partial charge in [-0.1, -0.05) is 91.0 Å². The summed E-state index contributed by atoms with van der Waals surface area (Å²) in [6.45, 7) is 0.408. The van der Waals surface area contributed by atoms with Crippen molar-refractivity contribution in [1.82, 2.24) is 5.32 Å². The molecule has 2 amide bonds. The summed E-state index contributed by atoms with van der Waals surface area (Å²) in [5.74, 6) is 0.250. The Bertz CT molecular complexity index is 1220. The Morgan fingerprint density at radius 3 is 2.16 bits per heavy atom. The number of rotatable bonds is 6. The number of phenolic OH excluding ortho intramolecular Hbond substituents is 1. The molecule has 0 aliphatic heterocycles. The number of hydrogen-bond donors (Lipinski definition) is 3. The van der Waals surface area contributed by atoms with Gasteiger partial charge in [0.2, 0.25) is 0 Å². The van der Waals surface area contributed by atoms with E-state index < -0.39 is 0 Å². The number of benzene rings is 4. The first-order valence-electron chi connectivity index (χ1n) is 10.4. The van der Waals surface area contributed by atoms with E-state index in [4.69, 9.17) is 0 Å². The highest BCUT2D eigenvalue weighted by Crippen LogP contribution is 2.28. The predicted molar refractivity (Wildman–Crippen MR) is 131 cm³/mol. The molecule has 3 N–H and O–H groups in total. The van der Waals surface area contributed by atoms with Gasteiger partial charge in [0.05, 0.1) is 0 Å². The monoisotopic (exact) mass is 420 g/mol. The number of phenols is 1. The van der Waals surface area contributed by atoms with Gasteiger partial charge < -0.3 is 15.7 Å². The van der Waals surface area contributed by atoms with Crippen molar-refractivity contribution in [2.24, 2.45) is 0 Å². The van der Waals surface area contributed by atoms with E-state index in [1.807, 2.05) is 78.9 Å². The molecule has 0 aliphatic carbocycles. The fourth-order valence-electron chi connectivity index (χ4n) is 3.47. The van der Waals surface area contributed by atoms with Gasteiger partial charge in [0.25, 0.3) is 0 Å². The highest BCUT2D eigenvalue weighted by Gasteiger charge is 2.09. The lowest BCUT2D eigenvalue weighted by atomic mass is 9.95. The second-order valence-corrected chi connectivity index (χ2v) is 7.34. The smallest absolute Gasteiger partial charge is 0.319 e. The molecule has 4 nitrogen and oxygen atoms in total. The molecule has 4 heteroatoms. The van der Waals surface area contributed by atoms with Crippen LogP contribution < -0.4 is 10.6 Å². The zero-order chi connectivity index (χ0) is 22.2. The van der Waals surface area contributed by atoms with Crippen LogP contribution >= 0.6 is 0 Å². The van der Waals surface area contributed by atoms with Crippen molar-refractivity contribution in [3.63, 3.8) is 0 Å². The molecule has 32 heavy (non-hydrogen) atoms. The molecule has 0 saturated carbocycles. The summed E-state index contributed by atoms with van der Waals surface area (Å²) < 4.78 is 0. The third-order valence-electron chi connectivity index (χ3n) is 5.09. The van der Waals surface area contributed by atoms with Crippen LogP contribution in [0, 0.1) is 0 Å². The van der Waals surface area contributed by atoms with Crippen molar-refractivity contribution in [3.8, 4) is 16.9 Å². The highest BCUT2D eigenvalue weighted by molar-refractivity contribution is 5.89. The molecule has 0 fully saturated rings. The van der Waals surface area contributed by atoms with Crippen molar-refractivity contribution >= 4 is 23.9 Å². The molecule has 158 valence electrons. The molecule has 0 aromatic heterocycles. The number of amides is 2. The van der Waals surface area contributed by atoms with Crippen LogP contribution in [0.15, 0.2) is 103 Å². The van der Waals surface area contributed by atoms with Gasteiger partial charge in [0, 0.05) is 12.2 Å². The standard InChI is InChI=1S/C28H24N2O2/c31-25-18-15-21(16-19-25)14-17-22-8-4-6-12-26(22)27-13-7-5-9-23(27)20-29-28(32)30-24-10-2-1-3-11-24/h1-19,31H,20H2,(H2,29,30,32). The average Bonchev–Trinajstić information content (AvgIpc) is 2.83. The topological polar surface area (TPSA) is 61.4 Å². The lowest BCUT2D eigenvalue weighted by molar-refractivity contribution is 0.252. The first-order chi connectivity index (χ1) is 15.7. The molecule has 0 bridgehead atoms. The first kappa shape index (κ1) is 20.9. The van der Waals surface area contributed by atoms with Gasteiger partial charge in [-0.2, -0.15) is 0 Å². The Morgan fingerprint density at radius 1 is 0.719 bits per heavy atom. The number of hydrogen-bond acceptors (Lipinski definition) is 2. The number of para-hydroxylation sites is 1.